The van der Waals surface area contributed by atoms with Crippen LogP contribution >= 0.6 is 10.8 Å². The Kier molecular flexibility index (Phi) is 7.44. The molecular formula is C28H29F3N6O5S. The van der Waals surface area contributed by atoms with E-state index < -0.39 is 29.5 Å². The number of nitrogens with zero attached hydrogens (tertiary/aromatic N) is 6. The molecule has 4 aromatic rings. The molecule has 2 aliphatic rings. The van der Waals surface area contributed by atoms with Gasteiger partial charge in [-0.1, -0.05) is 36.4 Å². The maximum absolute atomic E-state index is 12.8. The molecule has 2 aromatic heterocycles. The third kappa shape index (κ3) is 5.85. The van der Waals surface area contributed by atoms with Gasteiger partial charge in [0.05, 0.1) is 29.8 Å². The number of halogens is 3. The molecule has 1 aliphatic carbocycles. The van der Waals surface area contributed by atoms with Crippen LogP contribution in [0.25, 0.3) is 5.69 Å². The van der Waals surface area contributed by atoms with E-state index in [2.05, 4.69) is 15.4 Å². The standard InChI is InChI=1S/C28H29F3N6O5S/c1-2-19-14-36(43(40,41)25-9-4-3-8-24(25)42-19)13-17-6-5-7-18(10-17)37-26(22(12-32-37)27(38)39)21-11-20(21)23-15-35(34-33-23)16-28(29,30)31/h3-10,12,15,19-21,40-41H,2,11,13-14,16H2,1H3,(H,38,39)/t19-,20?,21?/m1/s1. The lowest BCUT2D eigenvalue weighted by Gasteiger charge is -2.41. The number of carboxylic acids is 1. The van der Waals surface area contributed by atoms with E-state index in [-0.39, 0.29) is 36.6 Å². The Balaban J connectivity index is 1.29. The number of carbonyl (C=O) groups is 1. The summed E-state index contributed by atoms with van der Waals surface area (Å²) in [5.74, 6) is -1.39. The second-order valence-electron chi connectivity index (χ2n) is 10.7. The molecule has 1 fully saturated rings. The van der Waals surface area contributed by atoms with E-state index in [4.69, 9.17) is 4.74 Å². The molecular weight excluding hydrogens is 589 g/mol. The molecule has 0 amide bonds. The highest BCUT2D eigenvalue weighted by Crippen LogP contribution is 2.58. The van der Waals surface area contributed by atoms with Crippen LogP contribution in [0.2, 0.25) is 0 Å². The lowest BCUT2D eigenvalue weighted by Crippen LogP contribution is -2.34. The highest BCUT2D eigenvalue weighted by molar-refractivity contribution is 8.22. The number of aromatic nitrogens is 5. The summed E-state index contributed by atoms with van der Waals surface area (Å²) in [5, 5.41) is 21.7. The maximum atomic E-state index is 12.8. The highest BCUT2D eigenvalue weighted by atomic mass is 32.3. The average Bonchev–Trinajstić information content (AvgIpc) is 3.41. The summed E-state index contributed by atoms with van der Waals surface area (Å²) in [6.45, 7) is 1.14. The zero-order valence-corrected chi connectivity index (χ0v) is 23.7. The van der Waals surface area contributed by atoms with E-state index in [1.165, 1.54) is 17.1 Å². The number of alkyl halides is 3. The molecule has 0 spiro atoms. The Morgan fingerprint density at radius 2 is 1.93 bits per heavy atom. The minimum atomic E-state index is -4.44. The Labute approximate surface area is 246 Å². The summed E-state index contributed by atoms with van der Waals surface area (Å²) in [5.41, 5.74) is 2.04. The minimum absolute atomic E-state index is 0.0122. The summed E-state index contributed by atoms with van der Waals surface area (Å²) < 4.78 is 71.0. The first kappa shape index (κ1) is 29.2. The summed E-state index contributed by atoms with van der Waals surface area (Å²) in [4.78, 5) is 12.4. The number of hydrogen-bond acceptors (Lipinski definition) is 8. The third-order valence-electron chi connectivity index (χ3n) is 7.63. The van der Waals surface area contributed by atoms with Gasteiger partial charge >= 0.3 is 12.1 Å². The molecule has 43 heavy (non-hydrogen) atoms. The third-order valence-corrected chi connectivity index (χ3v) is 9.56. The van der Waals surface area contributed by atoms with Crippen LogP contribution in [-0.2, 0) is 13.1 Å². The number of hydrogen-bond donors (Lipinski definition) is 3. The number of fused-ring (bicyclic) bond motifs is 1. The van der Waals surface area contributed by atoms with Crippen molar-refractivity contribution in [3.63, 3.8) is 0 Å². The van der Waals surface area contributed by atoms with E-state index in [0.717, 1.165) is 10.2 Å². The van der Waals surface area contributed by atoms with Gasteiger partial charge in [-0.3, -0.25) is 9.11 Å². The Bertz CT molecular complexity index is 1660. The largest absolute Gasteiger partial charge is 0.487 e. The molecule has 0 radical (unpaired) electrons. The lowest BCUT2D eigenvalue weighted by atomic mass is 10.1. The normalized spacial score (nSPS) is 22.3. The van der Waals surface area contributed by atoms with Crippen molar-refractivity contribution < 1.29 is 36.9 Å². The molecule has 3 atom stereocenters. The topological polar surface area (TPSA) is 139 Å². The first-order valence-corrected chi connectivity index (χ1v) is 15.1. The summed E-state index contributed by atoms with van der Waals surface area (Å²) in [7, 11) is -3.38. The second-order valence-corrected chi connectivity index (χ2v) is 12.7. The van der Waals surface area contributed by atoms with Gasteiger partial charge in [-0.25, -0.2) is 14.2 Å². The molecule has 0 saturated heterocycles. The van der Waals surface area contributed by atoms with Crippen molar-refractivity contribution in [2.24, 2.45) is 0 Å². The first-order valence-electron chi connectivity index (χ1n) is 13.6. The Morgan fingerprint density at radius 1 is 1.14 bits per heavy atom. The zero-order valence-electron chi connectivity index (χ0n) is 22.9. The van der Waals surface area contributed by atoms with Crippen molar-refractivity contribution >= 4 is 16.7 Å². The van der Waals surface area contributed by atoms with Crippen LogP contribution in [0.3, 0.4) is 0 Å². The molecule has 11 nitrogen and oxygen atoms in total. The van der Waals surface area contributed by atoms with E-state index in [9.17, 15) is 32.2 Å². The van der Waals surface area contributed by atoms with Crippen LogP contribution in [0.5, 0.6) is 5.75 Å². The Hall–Kier alpha value is -3.92. The van der Waals surface area contributed by atoms with Gasteiger partial charge in [0, 0.05) is 24.6 Å². The number of aromatic carboxylic acids is 1. The van der Waals surface area contributed by atoms with Crippen LogP contribution in [0.4, 0.5) is 13.2 Å². The van der Waals surface area contributed by atoms with Gasteiger partial charge in [-0.15, -0.1) is 15.9 Å². The van der Waals surface area contributed by atoms with Gasteiger partial charge < -0.3 is 9.84 Å². The van der Waals surface area contributed by atoms with Crippen LogP contribution in [0, 0.1) is 0 Å². The number of benzene rings is 2. The molecule has 3 heterocycles. The molecule has 0 bridgehead atoms. The zero-order chi connectivity index (χ0) is 30.5. The van der Waals surface area contributed by atoms with E-state index in [0.29, 0.717) is 40.6 Å². The van der Waals surface area contributed by atoms with Gasteiger partial charge in [0.1, 0.15) is 28.9 Å². The maximum Gasteiger partial charge on any atom is 0.408 e. The minimum Gasteiger partial charge on any atom is -0.487 e. The molecule has 15 heteroatoms. The van der Waals surface area contributed by atoms with Crippen molar-refractivity contribution in [1.29, 1.82) is 0 Å². The van der Waals surface area contributed by atoms with Crippen LogP contribution in [0.15, 0.2) is 65.8 Å². The molecule has 6 rings (SSSR count). The van der Waals surface area contributed by atoms with Crippen LogP contribution in [-0.4, -0.2) is 68.1 Å². The van der Waals surface area contributed by atoms with Crippen molar-refractivity contribution in [3.8, 4) is 11.4 Å². The highest BCUT2D eigenvalue weighted by Gasteiger charge is 2.46. The lowest BCUT2D eigenvalue weighted by molar-refractivity contribution is -0.142. The SMILES string of the molecule is CC[C@@H]1CN(Cc2cccc(-n3ncc(C(=O)O)c3C3CC3c3cn(CC(F)(F)F)nn3)c2)S(O)(O)c2ccccc2O1. The molecule has 1 aliphatic heterocycles. The quantitative estimate of drug-likeness (QED) is 0.227. The number of ether oxygens (including phenoxy) is 1. The van der Waals surface area contributed by atoms with Crippen molar-refractivity contribution in [3.05, 3.63) is 83.4 Å². The number of carboxylic acid groups (broad SMARTS) is 1. The van der Waals surface area contributed by atoms with Crippen molar-refractivity contribution in [2.75, 3.05) is 6.54 Å². The van der Waals surface area contributed by atoms with E-state index in [1.54, 1.807) is 46.8 Å². The van der Waals surface area contributed by atoms with Gasteiger partial charge in [0.25, 0.3) is 0 Å². The molecule has 228 valence electrons. The fourth-order valence-corrected chi connectivity index (χ4v) is 7.10. The predicted octanol–water partition coefficient (Wildman–Crippen LogP) is 5.69. The summed E-state index contributed by atoms with van der Waals surface area (Å²) in [6.07, 6.45) is -1.08. The predicted molar refractivity (Wildman–Crippen MR) is 149 cm³/mol. The summed E-state index contributed by atoms with van der Waals surface area (Å²) in [6, 6.07) is 14.0. The smallest absolute Gasteiger partial charge is 0.408 e. The van der Waals surface area contributed by atoms with Gasteiger partial charge in [-0.05, 0) is 42.7 Å². The van der Waals surface area contributed by atoms with Gasteiger partial charge in [0.15, 0.2) is 0 Å². The fourth-order valence-electron chi connectivity index (χ4n) is 5.47. The van der Waals surface area contributed by atoms with Gasteiger partial charge in [-0.2, -0.15) is 22.6 Å². The second kappa shape index (κ2) is 11.0. The van der Waals surface area contributed by atoms with Crippen molar-refractivity contribution in [1.82, 2.24) is 29.1 Å². The van der Waals surface area contributed by atoms with Crippen LogP contribution < -0.4 is 4.74 Å². The Morgan fingerprint density at radius 3 is 2.67 bits per heavy atom. The van der Waals surface area contributed by atoms with E-state index in [1.807, 2.05) is 13.0 Å². The molecule has 3 N–H and O–H groups in total. The first-order chi connectivity index (χ1) is 20.4. The number of rotatable bonds is 8. The fraction of sp³-hybridized carbons (Fsp3) is 0.357. The molecule has 2 aromatic carbocycles. The van der Waals surface area contributed by atoms with Crippen LogP contribution in [0.1, 0.15) is 58.9 Å². The monoisotopic (exact) mass is 618 g/mol. The average molecular weight is 619 g/mol. The molecule has 2 unspecified atom stereocenters. The van der Waals surface area contributed by atoms with Gasteiger partial charge in [0.2, 0.25) is 0 Å². The molecule has 1 saturated carbocycles. The number of para-hydroxylation sites is 1. The van der Waals surface area contributed by atoms with Crippen molar-refractivity contribution in [2.45, 2.75) is 61.9 Å². The van der Waals surface area contributed by atoms with E-state index >= 15 is 0 Å². The summed E-state index contributed by atoms with van der Waals surface area (Å²) >= 11 is 0.